The predicted molar refractivity (Wildman–Crippen MR) is 63.1 cm³/mol. The summed E-state index contributed by atoms with van der Waals surface area (Å²) in [5.74, 6) is -1.00. The van der Waals surface area contributed by atoms with Gasteiger partial charge in [0.05, 0.1) is 5.56 Å². The average molecular weight is 337 g/mol. The van der Waals surface area contributed by atoms with E-state index in [9.17, 15) is 18.3 Å². The van der Waals surface area contributed by atoms with Crippen LogP contribution in [-0.2, 0) is 5.60 Å². The van der Waals surface area contributed by atoms with Gasteiger partial charge in [0.1, 0.15) is 0 Å². The molecule has 0 spiro atoms. The van der Waals surface area contributed by atoms with E-state index in [0.717, 1.165) is 0 Å². The standard InChI is InChI=1S/C11H8BrF3N2O2/c1-10(18,11(13,14)15)9-17-16-8(19-9)6-4-2-3-5-7(6)12/h2-5,18H,1H3. The second-order valence-electron chi connectivity index (χ2n) is 3.96. The summed E-state index contributed by atoms with van der Waals surface area (Å²) in [4.78, 5) is 0. The Bertz CT molecular complexity index is 596. The molecule has 0 aliphatic rings. The predicted octanol–water partition coefficient (Wildman–Crippen LogP) is 3.27. The molecule has 0 aliphatic carbocycles. The third-order valence-corrected chi connectivity index (χ3v) is 3.19. The van der Waals surface area contributed by atoms with Gasteiger partial charge in [0.25, 0.3) is 5.89 Å². The number of aromatic nitrogens is 2. The van der Waals surface area contributed by atoms with Crippen LogP contribution in [0.4, 0.5) is 13.2 Å². The van der Waals surface area contributed by atoms with Gasteiger partial charge in [-0.25, -0.2) is 0 Å². The van der Waals surface area contributed by atoms with E-state index < -0.39 is 17.7 Å². The molecule has 0 fully saturated rings. The average Bonchev–Trinajstić information content (AvgIpc) is 2.77. The molecule has 0 aliphatic heterocycles. The fraction of sp³-hybridized carbons (Fsp3) is 0.273. The van der Waals surface area contributed by atoms with Crippen LogP contribution in [0.15, 0.2) is 33.2 Å². The van der Waals surface area contributed by atoms with E-state index >= 15 is 0 Å². The Morgan fingerprint density at radius 1 is 1.21 bits per heavy atom. The zero-order chi connectivity index (χ0) is 14.3. The Labute approximate surface area is 114 Å². The van der Waals surface area contributed by atoms with Crippen molar-refractivity contribution in [3.05, 3.63) is 34.6 Å². The van der Waals surface area contributed by atoms with E-state index in [1.165, 1.54) is 0 Å². The maximum atomic E-state index is 12.6. The van der Waals surface area contributed by atoms with Crippen molar-refractivity contribution >= 4 is 15.9 Å². The molecule has 0 bridgehead atoms. The van der Waals surface area contributed by atoms with Gasteiger partial charge in [0.2, 0.25) is 11.5 Å². The van der Waals surface area contributed by atoms with E-state index in [0.29, 0.717) is 17.0 Å². The van der Waals surface area contributed by atoms with Gasteiger partial charge in [-0.1, -0.05) is 12.1 Å². The summed E-state index contributed by atoms with van der Waals surface area (Å²) in [6.07, 6.45) is -4.90. The zero-order valence-corrected chi connectivity index (χ0v) is 11.2. The molecule has 19 heavy (non-hydrogen) atoms. The number of benzene rings is 1. The van der Waals surface area contributed by atoms with Crippen molar-refractivity contribution in [3.63, 3.8) is 0 Å². The van der Waals surface area contributed by atoms with E-state index in [-0.39, 0.29) is 5.89 Å². The summed E-state index contributed by atoms with van der Waals surface area (Å²) in [6, 6.07) is 6.69. The minimum atomic E-state index is -4.90. The number of hydrogen-bond donors (Lipinski definition) is 1. The zero-order valence-electron chi connectivity index (χ0n) is 9.57. The fourth-order valence-electron chi connectivity index (χ4n) is 1.28. The normalized spacial score (nSPS) is 15.3. The van der Waals surface area contributed by atoms with E-state index in [2.05, 4.69) is 26.1 Å². The van der Waals surface area contributed by atoms with Crippen molar-refractivity contribution in [3.8, 4) is 11.5 Å². The third-order valence-electron chi connectivity index (χ3n) is 2.50. The van der Waals surface area contributed by atoms with Crippen molar-refractivity contribution in [1.82, 2.24) is 10.2 Å². The molecule has 8 heteroatoms. The van der Waals surface area contributed by atoms with Crippen LogP contribution in [-0.4, -0.2) is 21.5 Å². The summed E-state index contributed by atoms with van der Waals surface area (Å²) in [7, 11) is 0. The van der Waals surface area contributed by atoms with Crippen LogP contribution in [0.5, 0.6) is 0 Å². The maximum absolute atomic E-state index is 12.6. The summed E-state index contributed by atoms with van der Waals surface area (Å²) >= 11 is 3.22. The smallest absolute Gasteiger partial charge is 0.417 e. The lowest BCUT2D eigenvalue weighted by atomic mass is 10.1. The number of rotatable bonds is 2. The van der Waals surface area contributed by atoms with Crippen LogP contribution < -0.4 is 0 Å². The molecule has 1 unspecified atom stereocenters. The number of hydrogen-bond acceptors (Lipinski definition) is 4. The van der Waals surface area contributed by atoms with Gasteiger partial charge in [-0.15, -0.1) is 10.2 Å². The highest BCUT2D eigenvalue weighted by Gasteiger charge is 2.55. The first-order chi connectivity index (χ1) is 8.73. The second kappa shape index (κ2) is 4.61. The largest absolute Gasteiger partial charge is 0.426 e. The highest BCUT2D eigenvalue weighted by Crippen LogP contribution is 2.39. The SMILES string of the molecule is CC(O)(c1nnc(-c2ccccc2Br)o1)C(F)(F)F. The molecule has 1 atom stereocenters. The van der Waals surface area contributed by atoms with Crippen LogP contribution in [0, 0.1) is 0 Å². The summed E-state index contributed by atoms with van der Waals surface area (Å²) in [5.41, 5.74) is -2.74. The Hall–Kier alpha value is -1.41. The summed E-state index contributed by atoms with van der Waals surface area (Å²) in [6.45, 7) is 0.560. The van der Waals surface area contributed by atoms with Crippen molar-refractivity contribution in [1.29, 1.82) is 0 Å². The molecule has 0 amide bonds. The van der Waals surface area contributed by atoms with Crippen LogP contribution in [0.1, 0.15) is 12.8 Å². The Morgan fingerprint density at radius 3 is 2.42 bits per heavy atom. The molecule has 4 nitrogen and oxygen atoms in total. The molecule has 2 aromatic rings. The summed E-state index contributed by atoms with van der Waals surface area (Å²) in [5, 5.41) is 16.2. The number of halogens is 4. The summed E-state index contributed by atoms with van der Waals surface area (Å²) < 4.78 is 43.4. The van der Waals surface area contributed by atoms with Crippen molar-refractivity contribution < 1.29 is 22.7 Å². The minimum absolute atomic E-state index is 0.105. The molecule has 102 valence electrons. The van der Waals surface area contributed by atoms with Gasteiger partial charge in [-0.2, -0.15) is 13.2 Å². The van der Waals surface area contributed by atoms with Crippen LogP contribution in [0.2, 0.25) is 0 Å². The molecule has 0 saturated heterocycles. The Morgan fingerprint density at radius 2 is 1.84 bits per heavy atom. The molecule has 2 rings (SSSR count). The molecule has 1 N–H and O–H groups in total. The second-order valence-corrected chi connectivity index (χ2v) is 4.82. The Balaban J connectivity index is 2.43. The van der Waals surface area contributed by atoms with Crippen LogP contribution >= 0.6 is 15.9 Å². The van der Waals surface area contributed by atoms with E-state index in [1.807, 2.05) is 0 Å². The maximum Gasteiger partial charge on any atom is 0.426 e. The van der Waals surface area contributed by atoms with Gasteiger partial charge in [-0.3, -0.25) is 0 Å². The first-order valence-electron chi connectivity index (χ1n) is 5.11. The van der Waals surface area contributed by atoms with Crippen LogP contribution in [0.3, 0.4) is 0 Å². The molecular weight excluding hydrogens is 329 g/mol. The topological polar surface area (TPSA) is 59.2 Å². The van der Waals surface area contributed by atoms with Gasteiger partial charge in [0, 0.05) is 4.47 Å². The number of nitrogens with zero attached hydrogens (tertiary/aromatic N) is 2. The van der Waals surface area contributed by atoms with E-state index in [4.69, 9.17) is 4.42 Å². The molecule has 1 aromatic carbocycles. The molecule has 1 aromatic heterocycles. The van der Waals surface area contributed by atoms with Gasteiger partial charge in [0.15, 0.2) is 0 Å². The minimum Gasteiger partial charge on any atom is -0.417 e. The quantitative estimate of drug-likeness (QED) is 0.914. The monoisotopic (exact) mass is 336 g/mol. The van der Waals surface area contributed by atoms with Crippen molar-refractivity contribution in [2.45, 2.75) is 18.7 Å². The highest BCUT2D eigenvalue weighted by atomic mass is 79.9. The van der Waals surface area contributed by atoms with Gasteiger partial charge >= 0.3 is 6.18 Å². The number of alkyl halides is 3. The molecular formula is C11H8BrF3N2O2. The van der Waals surface area contributed by atoms with Gasteiger partial charge in [-0.05, 0) is 35.0 Å². The molecule has 0 saturated carbocycles. The number of aliphatic hydroxyl groups is 1. The lowest BCUT2D eigenvalue weighted by Crippen LogP contribution is -2.39. The fourth-order valence-corrected chi connectivity index (χ4v) is 1.74. The lowest BCUT2D eigenvalue weighted by molar-refractivity contribution is -0.266. The van der Waals surface area contributed by atoms with E-state index in [1.54, 1.807) is 24.3 Å². The van der Waals surface area contributed by atoms with Crippen LogP contribution in [0.25, 0.3) is 11.5 Å². The first-order valence-corrected chi connectivity index (χ1v) is 5.91. The lowest BCUT2D eigenvalue weighted by Gasteiger charge is -2.21. The molecule has 1 heterocycles. The first kappa shape index (κ1) is 14.0. The highest BCUT2D eigenvalue weighted by molar-refractivity contribution is 9.10. The Kier molecular flexibility index (Phi) is 3.40. The van der Waals surface area contributed by atoms with Crippen molar-refractivity contribution in [2.24, 2.45) is 0 Å². The van der Waals surface area contributed by atoms with Crippen molar-refractivity contribution in [2.75, 3.05) is 0 Å². The van der Waals surface area contributed by atoms with Gasteiger partial charge < -0.3 is 9.52 Å². The molecule has 0 radical (unpaired) electrons. The third kappa shape index (κ3) is 2.50.